The van der Waals surface area contributed by atoms with Crippen LogP contribution in [-0.2, 0) is 19.1 Å². The number of aromatic hydroxyl groups is 1. The van der Waals surface area contributed by atoms with Crippen LogP contribution in [0.3, 0.4) is 0 Å². The van der Waals surface area contributed by atoms with Crippen molar-refractivity contribution in [3.05, 3.63) is 18.0 Å². The summed E-state index contributed by atoms with van der Waals surface area (Å²) in [5.41, 5.74) is -0.231. The van der Waals surface area contributed by atoms with Crippen LogP contribution in [0.5, 0.6) is 11.5 Å². The Labute approximate surface area is 180 Å². The van der Waals surface area contributed by atoms with Gasteiger partial charge in [0.2, 0.25) is 0 Å². The van der Waals surface area contributed by atoms with E-state index in [0.29, 0.717) is 13.0 Å². The van der Waals surface area contributed by atoms with Crippen LogP contribution in [0.1, 0.15) is 55.9 Å². The Hall–Kier alpha value is -2.88. The number of carbonyl (C=O) groups excluding carboxylic acids is 2. The smallest absolute Gasteiger partial charge is 0.331 e. The van der Waals surface area contributed by atoms with Crippen LogP contribution in [0, 0.1) is 5.92 Å². The van der Waals surface area contributed by atoms with E-state index in [-0.39, 0.29) is 30.1 Å². The molecule has 3 rings (SSSR count). The fraction of sp³-hybridized carbons (Fsp3) is 0.619. The summed E-state index contributed by atoms with van der Waals surface area (Å²) in [4.78, 5) is 38.4. The number of hydrogen-bond donors (Lipinski definition) is 3. The maximum atomic E-state index is 12.3. The molecule has 2 atom stereocenters. The van der Waals surface area contributed by atoms with Gasteiger partial charge in [-0.25, -0.2) is 9.78 Å². The summed E-state index contributed by atoms with van der Waals surface area (Å²) in [7, 11) is 1.36. The minimum Gasteiger partial charge on any atom is -0.503 e. The fourth-order valence-corrected chi connectivity index (χ4v) is 3.35. The molecule has 31 heavy (non-hydrogen) atoms. The monoisotopic (exact) mass is 438 g/mol. The van der Waals surface area contributed by atoms with Crippen molar-refractivity contribution in [2.45, 2.75) is 57.6 Å². The highest BCUT2D eigenvalue weighted by Crippen LogP contribution is 2.27. The van der Waals surface area contributed by atoms with Gasteiger partial charge in [-0.15, -0.1) is 0 Å². The Morgan fingerprint density at radius 1 is 1.23 bits per heavy atom. The van der Waals surface area contributed by atoms with Crippen LogP contribution in [0.2, 0.25) is 0 Å². The number of methoxy groups -OCH3 is 1. The molecular weight excluding hydrogens is 408 g/mol. The normalized spacial score (nSPS) is 22.1. The van der Waals surface area contributed by atoms with E-state index in [2.05, 4.69) is 10.3 Å². The van der Waals surface area contributed by atoms with Crippen LogP contribution >= 0.6 is 0 Å². The van der Waals surface area contributed by atoms with Crippen molar-refractivity contribution < 1.29 is 38.8 Å². The van der Waals surface area contributed by atoms with Crippen LogP contribution in [0.15, 0.2) is 12.3 Å². The SMILES string of the molecule is COc1ccnc(C(=O)N[C@H]2COCCCC(C)OC2=O)c1O.O=C(O)C1CCCC1. The van der Waals surface area contributed by atoms with Gasteiger partial charge in [-0.1, -0.05) is 12.8 Å². The van der Waals surface area contributed by atoms with Gasteiger partial charge in [-0.2, -0.15) is 0 Å². The number of rotatable bonds is 4. The number of esters is 1. The quantitative estimate of drug-likeness (QED) is 0.600. The molecule has 1 amide bonds. The van der Waals surface area contributed by atoms with Gasteiger partial charge < -0.3 is 29.7 Å². The van der Waals surface area contributed by atoms with E-state index in [1.54, 1.807) is 6.92 Å². The minimum atomic E-state index is -0.963. The molecule has 0 aromatic carbocycles. The molecule has 0 bridgehead atoms. The topological polar surface area (TPSA) is 144 Å². The molecule has 1 aliphatic heterocycles. The molecule has 172 valence electrons. The lowest BCUT2D eigenvalue weighted by molar-refractivity contribution is -0.151. The average Bonchev–Trinajstić information content (AvgIpc) is 3.29. The number of pyridine rings is 1. The predicted molar refractivity (Wildman–Crippen MR) is 109 cm³/mol. The molecule has 1 saturated heterocycles. The highest BCUT2D eigenvalue weighted by molar-refractivity contribution is 5.98. The Bertz CT molecular complexity index is 764. The van der Waals surface area contributed by atoms with Gasteiger partial charge in [0.05, 0.1) is 25.7 Å². The van der Waals surface area contributed by atoms with Crippen molar-refractivity contribution in [1.29, 1.82) is 0 Å². The number of cyclic esters (lactones) is 1. The molecule has 2 heterocycles. The van der Waals surface area contributed by atoms with E-state index in [0.717, 1.165) is 32.1 Å². The second kappa shape index (κ2) is 12.1. The molecule has 1 saturated carbocycles. The number of hydrogen-bond acceptors (Lipinski definition) is 8. The zero-order chi connectivity index (χ0) is 22.8. The summed E-state index contributed by atoms with van der Waals surface area (Å²) in [6, 6.07) is 0.459. The lowest BCUT2D eigenvalue weighted by atomic mass is 10.1. The number of carboxylic acids is 1. The second-order valence-electron chi connectivity index (χ2n) is 7.52. The first-order chi connectivity index (χ1) is 14.8. The van der Waals surface area contributed by atoms with Gasteiger partial charge in [0.1, 0.15) is 0 Å². The van der Waals surface area contributed by atoms with Crippen molar-refractivity contribution in [1.82, 2.24) is 10.3 Å². The maximum absolute atomic E-state index is 12.3. The molecule has 10 heteroatoms. The number of nitrogens with zero attached hydrogens (tertiary/aromatic N) is 1. The van der Waals surface area contributed by atoms with Gasteiger partial charge in [0.15, 0.2) is 23.2 Å². The molecule has 1 aromatic rings. The summed E-state index contributed by atoms with van der Waals surface area (Å²) in [6.07, 6.45) is 6.57. The van der Waals surface area contributed by atoms with Crippen LogP contribution in [0.4, 0.5) is 0 Å². The summed E-state index contributed by atoms with van der Waals surface area (Å²) >= 11 is 0. The number of aromatic nitrogens is 1. The number of carbonyl (C=O) groups is 3. The number of amides is 1. The standard InChI is InChI=1S/C15H20N2O6.C6H10O2/c1-9-4-3-7-22-8-10(15(20)23-9)17-14(19)12-13(18)11(21-2)5-6-16-12;7-6(8)5-3-1-2-4-5/h5-6,9-10,18H,3-4,7-8H2,1-2H3,(H,17,19);5H,1-4H2,(H,7,8)/t9?,10-;/m0./s1. The molecule has 3 N–H and O–H groups in total. The zero-order valence-corrected chi connectivity index (χ0v) is 17.8. The van der Waals surface area contributed by atoms with E-state index in [1.165, 1.54) is 19.4 Å². The molecule has 0 radical (unpaired) electrons. The summed E-state index contributed by atoms with van der Waals surface area (Å²) < 4.78 is 15.6. The minimum absolute atomic E-state index is 0.00201. The van der Waals surface area contributed by atoms with Crippen molar-refractivity contribution in [2.75, 3.05) is 20.3 Å². The highest BCUT2D eigenvalue weighted by atomic mass is 16.5. The first kappa shape index (κ1) is 24.4. The largest absolute Gasteiger partial charge is 0.503 e. The summed E-state index contributed by atoms with van der Waals surface area (Å²) in [6.45, 7) is 2.27. The Morgan fingerprint density at radius 3 is 2.55 bits per heavy atom. The third kappa shape index (κ3) is 7.39. The van der Waals surface area contributed by atoms with Crippen molar-refractivity contribution in [3.63, 3.8) is 0 Å². The molecule has 2 fully saturated rings. The summed E-state index contributed by atoms with van der Waals surface area (Å²) in [5, 5.41) is 20.8. The van der Waals surface area contributed by atoms with Crippen LogP contribution in [-0.4, -0.2) is 65.5 Å². The maximum Gasteiger partial charge on any atom is 0.331 e. The molecule has 1 unspecified atom stereocenters. The van der Waals surface area contributed by atoms with Crippen LogP contribution in [0.25, 0.3) is 0 Å². The van der Waals surface area contributed by atoms with Gasteiger partial charge in [0.25, 0.3) is 5.91 Å². The molecule has 1 aliphatic carbocycles. The Balaban J connectivity index is 0.000000357. The van der Waals surface area contributed by atoms with Gasteiger partial charge in [-0.05, 0) is 32.6 Å². The molecular formula is C21H30N2O8. The van der Waals surface area contributed by atoms with E-state index in [4.69, 9.17) is 19.3 Å². The van der Waals surface area contributed by atoms with E-state index in [9.17, 15) is 19.5 Å². The van der Waals surface area contributed by atoms with Crippen molar-refractivity contribution >= 4 is 17.8 Å². The molecule has 1 aromatic heterocycles. The van der Waals surface area contributed by atoms with Gasteiger partial charge in [0, 0.05) is 18.9 Å². The Kier molecular flexibility index (Phi) is 9.51. The molecule has 2 aliphatic rings. The number of aliphatic carboxylic acids is 1. The first-order valence-corrected chi connectivity index (χ1v) is 10.4. The van der Waals surface area contributed by atoms with Gasteiger partial charge >= 0.3 is 11.9 Å². The second-order valence-corrected chi connectivity index (χ2v) is 7.52. The van der Waals surface area contributed by atoms with Crippen molar-refractivity contribution in [3.8, 4) is 11.5 Å². The zero-order valence-electron chi connectivity index (χ0n) is 17.8. The van der Waals surface area contributed by atoms with Gasteiger partial charge in [-0.3, -0.25) is 9.59 Å². The first-order valence-electron chi connectivity index (χ1n) is 10.4. The lowest BCUT2D eigenvalue weighted by Gasteiger charge is -2.18. The van der Waals surface area contributed by atoms with E-state index in [1.807, 2.05) is 0 Å². The number of carboxylic acid groups (broad SMARTS) is 1. The molecule has 0 spiro atoms. The Morgan fingerprint density at radius 2 is 1.94 bits per heavy atom. The van der Waals surface area contributed by atoms with Crippen LogP contribution < -0.4 is 10.1 Å². The molecule has 10 nitrogen and oxygen atoms in total. The fourth-order valence-electron chi connectivity index (χ4n) is 3.35. The number of nitrogens with one attached hydrogen (secondary N) is 1. The lowest BCUT2D eigenvalue weighted by Crippen LogP contribution is -2.45. The third-order valence-corrected chi connectivity index (χ3v) is 5.12. The van der Waals surface area contributed by atoms with E-state index >= 15 is 0 Å². The number of ether oxygens (including phenoxy) is 3. The average molecular weight is 438 g/mol. The summed E-state index contributed by atoms with van der Waals surface area (Å²) in [5.74, 6) is -2.18. The van der Waals surface area contributed by atoms with Crippen molar-refractivity contribution in [2.24, 2.45) is 5.92 Å². The van der Waals surface area contributed by atoms with E-state index < -0.39 is 29.6 Å². The predicted octanol–water partition coefficient (Wildman–Crippen LogP) is 1.90. The third-order valence-electron chi connectivity index (χ3n) is 5.12. The highest BCUT2D eigenvalue weighted by Gasteiger charge is 2.28.